The van der Waals surface area contributed by atoms with Gasteiger partial charge in [-0.05, 0) is 75.1 Å². The number of furan rings is 2. The van der Waals surface area contributed by atoms with E-state index in [-0.39, 0.29) is 59.5 Å². The van der Waals surface area contributed by atoms with E-state index in [0.717, 1.165) is 59.2 Å². The molecule has 4 aliphatic heterocycles. The number of benzene rings is 1. The van der Waals surface area contributed by atoms with Crippen LogP contribution < -0.4 is 5.32 Å². The summed E-state index contributed by atoms with van der Waals surface area (Å²) in [6.45, 7) is 12.4. The van der Waals surface area contributed by atoms with Crippen molar-refractivity contribution in [3.05, 3.63) is 59.3 Å². The molecule has 2 aromatic heterocycles. The third-order valence-electron chi connectivity index (χ3n) is 12.6. The zero-order valence-corrected chi connectivity index (χ0v) is 35.0. The molecule has 0 spiro atoms. The Kier molecular flexibility index (Phi) is 11.8. The lowest BCUT2D eigenvalue weighted by atomic mass is 9.79. The van der Waals surface area contributed by atoms with E-state index in [9.17, 15) is 29.1 Å². The first-order chi connectivity index (χ1) is 28.1. The number of methoxy groups -OCH3 is 1. The molecule has 2 saturated heterocycles. The fraction of sp³-hybridized carbons (Fsp3) is 0.533. The predicted molar refractivity (Wildman–Crippen MR) is 222 cm³/mol. The largest absolute Gasteiger partial charge is 0.460 e. The monoisotopic (exact) mass is 809 g/mol. The topological polar surface area (TPSA) is 184 Å². The smallest absolute Gasteiger partial charge is 0.407 e. The van der Waals surface area contributed by atoms with Crippen molar-refractivity contribution < 1.29 is 42.7 Å². The molecule has 4 atom stereocenters. The molecule has 7 rings (SSSR count). The maximum Gasteiger partial charge on any atom is 0.407 e. The van der Waals surface area contributed by atoms with Gasteiger partial charge in [0.15, 0.2) is 11.5 Å². The molecule has 314 valence electrons. The van der Waals surface area contributed by atoms with E-state index in [4.69, 9.17) is 18.6 Å². The van der Waals surface area contributed by atoms with E-state index in [1.165, 1.54) is 7.11 Å². The van der Waals surface area contributed by atoms with Crippen molar-refractivity contribution in [2.24, 2.45) is 27.7 Å². The Morgan fingerprint density at radius 2 is 1.47 bits per heavy atom. The first-order valence-corrected chi connectivity index (χ1v) is 20.7. The second-order valence-electron chi connectivity index (χ2n) is 17.5. The average molecular weight is 810 g/mol. The van der Waals surface area contributed by atoms with Crippen molar-refractivity contribution >= 4 is 62.8 Å². The Labute approximate surface area is 343 Å². The molecule has 0 radical (unpaired) electrons. The van der Waals surface area contributed by atoms with Crippen molar-refractivity contribution in [2.75, 3.05) is 26.8 Å². The van der Waals surface area contributed by atoms with Crippen LogP contribution >= 0.6 is 0 Å². The number of carbonyl (C=O) groups excluding carboxylic acids is 5. The fourth-order valence-electron chi connectivity index (χ4n) is 8.90. The Hall–Kier alpha value is -5.37. The van der Waals surface area contributed by atoms with Crippen LogP contribution in [0.1, 0.15) is 103 Å². The van der Waals surface area contributed by atoms with Crippen LogP contribution in [0.4, 0.5) is 4.79 Å². The summed E-state index contributed by atoms with van der Waals surface area (Å²) in [5.41, 5.74) is 3.82. The predicted octanol–water partition coefficient (Wildman–Crippen LogP) is 6.68. The van der Waals surface area contributed by atoms with E-state index < -0.39 is 30.1 Å². The van der Waals surface area contributed by atoms with Gasteiger partial charge in [0.25, 0.3) is 0 Å². The number of hydrogen-bond acceptors (Lipinski definition) is 11. The number of ketones is 2. The molecule has 2 fully saturated rings. The highest BCUT2D eigenvalue weighted by molar-refractivity contribution is 6.14. The van der Waals surface area contributed by atoms with Gasteiger partial charge in [-0.25, -0.2) is 4.79 Å². The molecule has 4 aliphatic rings. The number of fused-ring (bicyclic) bond motifs is 2. The Balaban J connectivity index is 1.00. The number of aliphatic hydroxyl groups is 1. The van der Waals surface area contributed by atoms with Crippen molar-refractivity contribution in [2.45, 2.75) is 110 Å². The molecule has 1 aromatic carbocycles. The third kappa shape index (κ3) is 8.15. The molecule has 4 unspecified atom stereocenters. The van der Waals surface area contributed by atoms with Crippen molar-refractivity contribution in [1.29, 1.82) is 0 Å². The van der Waals surface area contributed by atoms with Crippen molar-refractivity contribution in [3.63, 3.8) is 0 Å². The number of likely N-dealkylation sites (tertiary alicyclic amines) is 2. The zero-order valence-electron chi connectivity index (χ0n) is 35.0. The number of rotatable bonds is 14. The van der Waals surface area contributed by atoms with Gasteiger partial charge in [-0.1, -0.05) is 27.7 Å². The van der Waals surface area contributed by atoms with Crippen LogP contribution in [0.3, 0.4) is 0 Å². The minimum Gasteiger partial charge on any atom is -0.460 e. The molecule has 3 amide bonds. The number of nitrogens with one attached hydrogen (secondary N) is 1. The molecule has 0 aliphatic carbocycles. The van der Waals surface area contributed by atoms with Gasteiger partial charge in [0.05, 0.1) is 19.2 Å². The maximum atomic E-state index is 13.7. The van der Waals surface area contributed by atoms with Gasteiger partial charge in [-0.15, -0.1) is 0 Å². The highest BCUT2D eigenvalue weighted by Crippen LogP contribution is 2.41. The number of ether oxygens (including phenoxy) is 1. The lowest BCUT2D eigenvalue weighted by Gasteiger charge is -2.31. The van der Waals surface area contributed by atoms with E-state index >= 15 is 0 Å². The number of allylic oxidation sites excluding steroid dienone is 2. The van der Waals surface area contributed by atoms with E-state index in [2.05, 4.69) is 24.2 Å². The second kappa shape index (κ2) is 16.7. The van der Waals surface area contributed by atoms with E-state index in [1.807, 2.05) is 50.9 Å². The number of nitrogens with zero attached hydrogens (tertiary/aromatic N) is 4. The molecular weight excluding hydrogens is 755 g/mol. The molecule has 6 heterocycles. The summed E-state index contributed by atoms with van der Waals surface area (Å²) in [4.78, 5) is 78.2. The summed E-state index contributed by atoms with van der Waals surface area (Å²) in [5.74, 6) is -0.651. The van der Waals surface area contributed by atoms with Gasteiger partial charge in [0, 0.05) is 89.9 Å². The minimum atomic E-state index is -0.700. The van der Waals surface area contributed by atoms with Crippen LogP contribution in [0.2, 0.25) is 0 Å². The number of amides is 3. The van der Waals surface area contributed by atoms with Gasteiger partial charge in [-0.2, -0.15) is 0 Å². The Morgan fingerprint density at radius 1 is 0.847 bits per heavy atom. The summed E-state index contributed by atoms with van der Waals surface area (Å²) < 4.78 is 17.4. The lowest BCUT2D eigenvalue weighted by Crippen LogP contribution is -2.53. The summed E-state index contributed by atoms with van der Waals surface area (Å²) in [7, 11) is 1.28. The quantitative estimate of drug-likeness (QED) is 0.168. The van der Waals surface area contributed by atoms with Crippen LogP contribution in [0.5, 0.6) is 0 Å². The number of aliphatic imine (C=N–C) groups is 2. The number of Topliss-reactive ketones (excluding diaryl/α,β-unsaturated/α-hetero) is 2. The normalized spacial score (nSPS) is 20.6. The third-order valence-corrected chi connectivity index (χ3v) is 12.6. The molecule has 0 saturated carbocycles. The van der Waals surface area contributed by atoms with E-state index in [0.29, 0.717) is 42.7 Å². The van der Waals surface area contributed by atoms with Crippen molar-refractivity contribution in [1.82, 2.24) is 15.1 Å². The summed E-state index contributed by atoms with van der Waals surface area (Å²) in [5, 5.41) is 13.6. The van der Waals surface area contributed by atoms with E-state index in [1.54, 1.807) is 23.2 Å². The van der Waals surface area contributed by atoms with Crippen LogP contribution in [-0.2, 0) is 24.5 Å². The Morgan fingerprint density at radius 3 is 2.12 bits per heavy atom. The number of carbonyl (C=O) groups is 5. The minimum absolute atomic E-state index is 0.00244. The average Bonchev–Trinajstić information content (AvgIpc) is 4.05. The van der Waals surface area contributed by atoms with Crippen LogP contribution in [0, 0.1) is 17.8 Å². The SMILES string of the molecule is COC(=O)NC(C(=O)N1CCCC1C1=NC=C(C(C)(C)c2cc3cc4cc(C(=O)C5=CN=C(C6CCCN6C(=O)C(CC(=O)CO)C(C)C)C5)oc4cc3o2)C1)C(C)C. The van der Waals surface area contributed by atoms with Gasteiger partial charge >= 0.3 is 6.09 Å². The van der Waals surface area contributed by atoms with Crippen LogP contribution in [0.25, 0.3) is 21.9 Å². The molecule has 59 heavy (non-hydrogen) atoms. The highest BCUT2D eigenvalue weighted by Gasteiger charge is 2.42. The standard InChI is InChI=1S/C45H55N5O9/c1-24(2)31(19-30(52)23-51)42(54)49-12-8-10-34(49)32-15-28(21-46-32)41(53)38-16-26-14-27-17-39(59-37(27)20-36(26)58-38)45(5,6)29-18-33(47-22-29)35-11-9-13-50(35)43(55)40(25(3)4)48-44(56)57-7/h14,16-17,20-22,24-25,31,34-35,40,51H,8-13,15,18-19,23H2,1-7H3,(H,48,56). The number of alkyl carbamates (subject to hydrolysis) is 1. The lowest BCUT2D eigenvalue weighted by molar-refractivity contribution is -0.140. The summed E-state index contributed by atoms with van der Waals surface area (Å²) in [6.07, 6.45) is 6.88. The van der Waals surface area contributed by atoms with Gasteiger partial charge in [-0.3, -0.25) is 29.2 Å². The first-order valence-electron chi connectivity index (χ1n) is 20.7. The molecule has 2 N–H and O–H groups in total. The molecule has 3 aromatic rings. The molecule has 14 heteroatoms. The number of aliphatic hydroxyl groups excluding tert-OH is 1. The molecule has 14 nitrogen and oxygen atoms in total. The van der Waals surface area contributed by atoms with Gasteiger partial charge in [0.1, 0.15) is 29.6 Å². The van der Waals surface area contributed by atoms with Crippen molar-refractivity contribution in [3.8, 4) is 0 Å². The first kappa shape index (κ1) is 41.8. The highest BCUT2D eigenvalue weighted by atomic mass is 16.5. The van der Waals surface area contributed by atoms with Crippen LogP contribution in [0.15, 0.2) is 66.6 Å². The van der Waals surface area contributed by atoms with Gasteiger partial charge < -0.3 is 33.8 Å². The van der Waals surface area contributed by atoms with Gasteiger partial charge in [0.2, 0.25) is 17.6 Å². The number of hydrogen-bond donors (Lipinski definition) is 2. The zero-order chi connectivity index (χ0) is 42.3. The summed E-state index contributed by atoms with van der Waals surface area (Å²) in [6, 6.07) is 6.39. The maximum absolute atomic E-state index is 13.7. The summed E-state index contributed by atoms with van der Waals surface area (Å²) >= 11 is 0. The Bertz CT molecular complexity index is 2260. The second-order valence-corrected chi connectivity index (χ2v) is 17.5. The van der Waals surface area contributed by atoms with Crippen LogP contribution in [-0.4, -0.2) is 101 Å². The molecule has 0 bridgehead atoms. The molecular formula is C45H55N5O9. The fourth-order valence-corrected chi connectivity index (χ4v) is 8.90.